The predicted molar refractivity (Wildman–Crippen MR) is 60.7 cm³/mol. The maximum absolute atomic E-state index is 11.2. The first kappa shape index (κ1) is 12.7. The third kappa shape index (κ3) is 3.63. The van der Waals surface area contributed by atoms with Gasteiger partial charge in [0.25, 0.3) is 5.56 Å². The zero-order chi connectivity index (χ0) is 12.1. The number of aromatic nitrogens is 2. The van der Waals surface area contributed by atoms with Gasteiger partial charge in [0.05, 0.1) is 12.7 Å². The van der Waals surface area contributed by atoms with E-state index in [2.05, 4.69) is 9.97 Å². The smallest absolute Gasteiger partial charge is 0.252 e. The highest BCUT2D eigenvalue weighted by molar-refractivity contribution is 5.36. The Balaban J connectivity index is 2.72. The van der Waals surface area contributed by atoms with Gasteiger partial charge in [0.2, 0.25) is 0 Å². The minimum atomic E-state index is -0.601. The van der Waals surface area contributed by atoms with E-state index in [1.54, 1.807) is 18.9 Å². The summed E-state index contributed by atoms with van der Waals surface area (Å²) >= 11 is 0. The molecule has 0 amide bonds. The molecular weight excluding hydrogens is 210 g/mol. The van der Waals surface area contributed by atoms with Crippen LogP contribution in [-0.4, -0.2) is 48.5 Å². The van der Waals surface area contributed by atoms with Crippen LogP contribution < -0.4 is 10.5 Å². The molecule has 0 fully saturated rings. The van der Waals surface area contributed by atoms with Gasteiger partial charge in [0.1, 0.15) is 11.6 Å². The monoisotopic (exact) mass is 227 g/mol. The van der Waals surface area contributed by atoms with E-state index in [-0.39, 0.29) is 12.2 Å². The summed E-state index contributed by atoms with van der Waals surface area (Å²) in [6, 6.07) is 1.40. The van der Waals surface area contributed by atoms with Crippen LogP contribution in [0.2, 0.25) is 0 Å². The Morgan fingerprint density at radius 3 is 2.94 bits per heavy atom. The molecule has 6 nitrogen and oxygen atoms in total. The molecule has 1 heterocycles. The molecule has 1 aromatic heterocycles. The second kappa shape index (κ2) is 5.62. The van der Waals surface area contributed by atoms with Gasteiger partial charge in [0.15, 0.2) is 0 Å². The Labute approximate surface area is 93.9 Å². The van der Waals surface area contributed by atoms with Crippen LogP contribution in [0.1, 0.15) is 5.82 Å². The lowest BCUT2D eigenvalue weighted by Crippen LogP contribution is -2.33. The van der Waals surface area contributed by atoms with Gasteiger partial charge in [-0.2, -0.15) is 0 Å². The highest BCUT2D eigenvalue weighted by Crippen LogP contribution is 2.05. The average molecular weight is 227 g/mol. The minimum absolute atomic E-state index is 0.199. The zero-order valence-electron chi connectivity index (χ0n) is 9.73. The predicted octanol–water partition coefficient (Wildman–Crippen LogP) is -0.478. The van der Waals surface area contributed by atoms with E-state index in [4.69, 9.17) is 4.74 Å². The number of hydrogen-bond donors (Lipinski definition) is 2. The summed E-state index contributed by atoms with van der Waals surface area (Å²) in [4.78, 5) is 19.7. The van der Waals surface area contributed by atoms with Crippen LogP contribution in [0.5, 0.6) is 0 Å². The molecule has 1 aromatic rings. The molecule has 0 aromatic carbocycles. The number of aryl methyl sites for hydroxylation is 1. The summed E-state index contributed by atoms with van der Waals surface area (Å²) in [5.74, 6) is 1.09. The fraction of sp³-hybridized carbons (Fsp3) is 0.600. The first-order valence-electron chi connectivity index (χ1n) is 4.99. The molecule has 0 radical (unpaired) electrons. The number of ether oxygens (including phenoxy) is 1. The Morgan fingerprint density at radius 2 is 2.38 bits per heavy atom. The van der Waals surface area contributed by atoms with E-state index in [0.29, 0.717) is 18.2 Å². The quantitative estimate of drug-likeness (QED) is 0.710. The highest BCUT2D eigenvalue weighted by atomic mass is 16.5. The molecule has 0 aliphatic heterocycles. The second-order valence-corrected chi connectivity index (χ2v) is 3.68. The van der Waals surface area contributed by atoms with Gasteiger partial charge in [-0.15, -0.1) is 0 Å². The molecule has 1 unspecified atom stereocenters. The number of aliphatic hydroxyl groups excluding tert-OH is 1. The number of H-pyrrole nitrogens is 1. The van der Waals surface area contributed by atoms with Crippen LogP contribution in [0.3, 0.4) is 0 Å². The summed E-state index contributed by atoms with van der Waals surface area (Å²) in [6.07, 6.45) is -0.601. The van der Waals surface area contributed by atoms with E-state index < -0.39 is 6.10 Å². The van der Waals surface area contributed by atoms with Crippen molar-refractivity contribution in [3.8, 4) is 0 Å². The summed E-state index contributed by atoms with van der Waals surface area (Å²) in [5, 5.41) is 9.54. The number of aromatic amines is 1. The number of rotatable bonds is 5. The second-order valence-electron chi connectivity index (χ2n) is 3.68. The average Bonchev–Trinajstić information content (AvgIpc) is 2.16. The molecule has 0 spiro atoms. The standard InChI is InChI=1S/C10H17N3O3/c1-7-11-9(4-10(15)12-7)13(2)5-8(14)6-16-3/h4,8,14H,5-6H2,1-3H3,(H,11,12,15). The largest absolute Gasteiger partial charge is 0.389 e. The van der Waals surface area contributed by atoms with Gasteiger partial charge in [0, 0.05) is 26.8 Å². The molecule has 6 heteroatoms. The van der Waals surface area contributed by atoms with Crippen molar-refractivity contribution < 1.29 is 9.84 Å². The lowest BCUT2D eigenvalue weighted by Gasteiger charge is -2.21. The van der Waals surface area contributed by atoms with Gasteiger partial charge in [-0.05, 0) is 6.92 Å². The van der Waals surface area contributed by atoms with Gasteiger partial charge in [-0.25, -0.2) is 4.98 Å². The summed E-state index contributed by atoms with van der Waals surface area (Å²) < 4.78 is 4.82. The van der Waals surface area contributed by atoms with E-state index >= 15 is 0 Å². The minimum Gasteiger partial charge on any atom is -0.389 e. The Morgan fingerprint density at radius 1 is 1.69 bits per heavy atom. The van der Waals surface area contributed by atoms with Crippen LogP contribution in [0.4, 0.5) is 5.82 Å². The fourth-order valence-electron chi connectivity index (χ4n) is 1.41. The molecule has 1 atom stereocenters. The number of nitrogens with one attached hydrogen (secondary N) is 1. The van der Waals surface area contributed by atoms with Crippen molar-refractivity contribution in [2.24, 2.45) is 0 Å². The number of anilines is 1. The van der Waals surface area contributed by atoms with Crippen molar-refractivity contribution in [2.45, 2.75) is 13.0 Å². The van der Waals surface area contributed by atoms with Crippen molar-refractivity contribution >= 4 is 5.82 Å². The number of nitrogens with zero attached hydrogens (tertiary/aromatic N) is 2. The summed E-state index contributed by atoms with van der Waals surface area (Å²) in [7, 11) is 3.29. The Kier molecular flexibility index (Phi) is 4.45. The molecule has 0 saturated heterocycles. The van der Waals surface area contributed by atoms with E-state index in [9.17, 15) is 9.90 Å². The maximum atomic E-state index is 11.2. The van der Waals surface area contributed by atoms with Gasteiger partial charge >= 0.3 is 0 Å². The fourth-order valence-corrected chi connectivity index (χ4v) is 1.41. The molecule has 0 aliphatic carbocycles. The number of aliphatic hydroxyl groups is 1. The molecule has 0 bridgehead atoms. The van der Waals surface area contributed by atoms with Gasteiger partial charge in [-0.1, -0.05) is 0 Å². The molecular formula is C10H17N3O3. The Hall–Kier alpha value is -1.40. The number of methoxy groups -OCH3 is 1. The highest BCUT2D eigenvalue weighted by Gasteiger charge is 2.10. The molecule has 0 saturated carbocycles. The lowest BCUT2D eigenvalue weighted by molar-refractivity contribution is 0.0694. The number of hydrogen-bond acceptors (Lipinski definition) is 5. The number of likely N-dealkylation sites (N-methyl/N-ethyl adjacent to an activating group) is 1. The van der Waals surface area contributed by atoms with Crippen molar-refractivity contribution in [3.05, 3.63) is 22.2 Å². The van der Waals surface area contributed by atoms with Crippen LogP contribution in [-0.2, 0) is 4.74 Å². The topological polar surface area (TPSA) is 78.5 Å². The molecule has 16 heavy (non-hydrogen) atoms. The van der Waals surface area contributed by atoms with E-state index in [1.165, 1.54) is 13.2 Å². The van der Waals surface area contributed by atoms with Crippen molar-refractivity contribution in [2.75, 3.05) is 32.2 Å². The molecule has 0 aliphatic rings. The third-order valence-corrected chi connectivity index (χ3v) is 2.08. The Bertz CT molecular complexity index is 391. The van der Waals surface area contributed by atoms with Crippen LogP contribution >= 0.6 is 0 Å². The molecule has 90 valence electrons. The van der Waals surface area contributed by atoms with Gasteiger partial charge in [-0.3, -0.25) is 4.79 Å². The summed E-state index contributed by atoms with van der Waals surface area (Å²) in [5.41, 5.74) is -0.199. The summed E-state index contributed by atoms with van der Waals surface area (Å²) in [6.45, 7) is 2.33. The van der Waals surface area contributed by atoms with Crippen LogP contribution in [0.25, 0.3) is 0 Å². The van der Waals surface area contributed by atoms with E-state index in [1.807, 2.05) is 0 Å². The van der Waals surface area contributed by atoms with Crippen LogP contribution in [0, 0.1) is 6.92 Å². The first-order valence-corrected chi connectivity index (χ1v) is 4.99. The lowest BCUT2D eigenvalue weighted by atomic mass is 10.3. The van der Waals surface area contributed by atoms with Gasteiger partial charge < -0.3 is 19.7 Å². The SMILES string of the molecule is COCC(O)CN(C)c1cc(=O)[nH]c(C)n1. The molecule has 1 rings (SSSR count). The zero-order valence-corrected chi connectivity index (χ0v) is 9.73. The molecule has 2 N–H and O–H groups in total. The maximum Gasteiger partial charge on any atom is 0.252 e. The first-order chi connectivity index (χ1) is 7.52. The van der Waals surface area contributed by atoms with E-state index in [0.717, 1.165) is 0 Å². The van der Waals surface area contributed by atoms with Crippen molar-refractivity contribution in [3.63, 3.8) is 0 Å². The normalized spacial score (nSPS) is 12.5. The van der Waals surface area contributed by atoms with Crippen molar-refractivity contribution in [1.29, 1.82) is 0 Å². The third-order valence-electron chi connectivity index (χ3n) is 2.08. The van der Waals surface area contributed by atoms with Crippen molar-refractivity contribution in [1.82, 2.24) is 9.97 Å². The van der Waals surface area contributed by atoms with Crippen LogP contribution in [0.15, 0.2) is 10.9 Å².